The molecule has 1 saturated carbocycles. The van der Waals surface area contributed by atoms with E-state index in [0.29, 0.717) is 18.7 Å². The second kappa shape index (κ2) is 6.20. The molecule has 6 nitrogen and oxygen atoms in total. The fourth-order valence-corrected chi connectivity index (χ4v) is 5.27. The largest absolute Gasteiger partial charge is 0.326 e. The lowest BCUT2D eigenvalue weighted by atomic mass is 9.73. The van der Waals surface area contributed by atoms with E-state index in [-0.39, 0.29) is 22.1 Å². The average Bonchev–Trinajstić information content (AvgIpc) is 2.85. The molecule has 1 N–H and O–H groups in total. The third-order valence-corrected chi connectivity index (χ3v) is 6.74. The summed E-state index contributed by atoms with van der Waals surface area (Å²) in [7, 11) is -3.84. The minimum atomic E-state index is -3.84. The Labute approximate surface area is 142 Å². The molecule has 0 radical (unpaired) electrons. The zero-order chi connectivity index (χ0) is 17.4. The highest BCUT2D eigenvalue weighted by molar-refractivity contribution is 7.89. The molecule has 1 aliphatic heterocycles. The topological polar surface area (TPSA) is 83.6 Å². The van der Waals surface area contributed by atoms with Crippen molar-refractivity contribution >= 4 is 27.5 Å². The molecule has 1 heterocycles. The molecule has 2 aliphatic rings. The van der Waals surface area contributed by atoms with E-state index in [0.717, 1.165) is 36.4 Å². The maximum Gasteiger partial charge on any atom is 0.266 e. The van der Waals surface area contributed by atoms with Crippen molar-refractivity contribution < 1.29 is 18.0 Å². The summed E-state index contributed by atoms with van der Waals surface area (Å²) in [5, 5.41) is 2.59. The summed E-state index contributed by atoms with van der Waals surface area (Å²) in [6, 6.07) is 5.93. The molecule has 1 spiro atoms. The molecule has 7 heteroatoms. The smallest absolute Gasteiger partial charge is 0.266 e. The van der Waals surface area contributed by atoms with Gasteiger partial charge in [-0.3, -0.25) is 9.59 Å². The summed E-state index contributed by atoms with van der Waals surface area (Å²) in [4.78, 5) is 23.5. The van der Waals surface area contributed by atoms with Crippen molar-refractivity contribution in [2.75, 3.05) is 11.9 Å². The molecular formula is C17H22N2O4S. The first kappa shape index (κ1) is 17.0. The Kier molecular flexibility index (Phi) is 4.38. The first-order chi connectivity index (χ1) is 11.3. The summed E-state index contributed by atoms with van der Waals surface area (Å²) >= 11 is 0. The van der Waals surface area contributed by atoms with Crippen LogP contribution in [0.4, 0.5) is 5.69 Å². The summed E-state index contributed by atoms with van der Waals surface area (Å²) in [6.07, 6.45) is 5.46. The predicted octanol–water partition coefficient (Wildman–Crippen LogP) is 2.52. The van der Waals surface area contributed by atoms with Crippen LogP contribution in [-0.2, 0) is 19.6 Å². The van der Waals surface area contributed by atoms with Crippen LogP contribution in [0.15, 0.2) is 29.2 Å². The third-order valence-electron chi connectivity index (χ3n) is 4.96. The van der Waals surface area contributed by atoms with Crippen molar-refractivity contribution in [3.05, 3.63) is 24.3 Å². The molecule has 1 aliphatic carbocycles. The van der Waals surface area contributed by atoms with Gasteiger partial charge in [0.05, 0.1) is 4.90 Å². The second-order valence-corrected chi connectivity index (χ2v) is 8.71. The van der Waals surface area contributed by atoms with Gasteiger partial charge in [-0.2, -0.15) is 0 Å². The second-order valence-electron chi connectivity index (χ2n) is 6.85. The number of carbonyl (C=O) groups excluding carboxylic acids is 2. The van der Waals surface area contributed by atoms with E-state index in [2.05, 4.69) is 5.32 Å². The SMILES string of the molecule is CC(=O)Nc1ccc(S(=O)(=O)N2CC3(CCCCC3)CC2=O)cc1. The molecule has 0 bridgehead atoms. The Morgan fingerprint density at radius 3 is 2.33 bits per heavy atom. The van der Waals surface area contributed by atoms with E-state index < -0.39 is 10.0 Å². The summed E-state index contributed by atoms with van der Waals surface area (Å²) in [6.45, 7) is 1.68. The lowest BCUT2D eigenvalue weighted by Crippen LogP contribution is -2.35. The molecule has 2 fully saturated rings. The molecule has 3 rings (SSSR count). The number of nitrogens with zero attached hydrogens (tertiary/aromatic N) is 1. The van der Waals surface area contributed by atoms with Gasteiger partial charge in [0.1, 0.15) is 0 Å². The average molecular weight is 350 g/mol. The van der Waals surface area contributed by atoms with Crippen molar-refractivity contribution in [2.24, 2.45) is 5.41 Å². The Bertz CT molecular complexity index is 749. The van der Waals surface area contributed by atoms with Gasteiger partial charge in [0.25, 0.3) is 10.0 Å². The molecule has 0 aromatic heterocycles. The van der Waals surface area contributed by atoms with Gasteiger partial charge in [0.2, 0.25) is 11.8 Å². The molecule has 0 unspecified atom stereocenters. The van der Waals surface area contributed by atoms with Gasteiger partial charge < -0.3 is 5.32 Å². The highest BCUT2D eigenvalue weighted by Crippen LogP contribution is 2.45. The van der Waals surface area contributed by atoms with Crippen molar-refractivity contribution in [1.82, 2.24) is 4.31 Å². The Morgan fingerprint density at radius 1 is 1.12 bits per heavy atom. The van der Waals surface area contributed by atoms with Crippen LogP contribution in [0.25, 0.3) is 0 Å². The molecule has 24 heavy (non-hydrogen) atoms. The monoisotopic (exact) mass is 350 g/mol. The molecular weight excluding hydrogens is 328 g/mol. The minimum Gasteiger partial charge on any atom is -0.326 e. The van der Waals surface area contributed by atoms with Crippen molar-refractivity contribution in [1.29, 1.82) is 0 Å². The highest BCUT2D eigenvalue weighted by Gasteiger charge is 2.48. The van der Waals surface area contributed by atoms with Gasteiger partial charge in [-0.15, -0.1) is 0 Å². The lowest BCUT2D eigenvalue weighted by molar-refractivity contribution is -0.124. The first-order valence-electron chi connectivity index (χ1n) is 8.26. The van der Waals surface area contributed by atoms with E-state index in [1.165, 1.54) is 31.2 Å². The first-order valence-corrected chi connectivity index (χ1v) is 9.70. The van der Waals surface area contributed by atoms with Crippen LogP contribution in [0.3, 0.4) is 0 Å². The van der Waals surface area contributed by atoms with Gasteiger partial charge in [-0.1, -0.05) is 19.3 Å². The molecule has 130 valence electrons. The van der Waals surface area contributed by atoms with Crippen LogP contribution in [0.2, 0.25) is 0 Å². The van der Waals surface area contributed by atoms with Gasteiger partial charge >= 0.3 is 0 Å². The normalized spacial score (nSPS) is 20.4. The van der Waals surface area contributed by atoms with Gasteiger partial charge in [-0.05, 0) is 42.5 Å². The number of anilines is 1. The lowest BCUT2D eigenvalue weighted by Gasteiger charge is -2.32. The zero-order valence-corrected chi connectivity index (χ0v) is 14.6. The minimum absolute atomic E-state index is 0.0813. The van der Waals surface area contributed by atoms with Crippen LogP contribution in [0.5, 0.6) is 0 Å². The van der Waals surface area contributed by atoms with Crippen LogP contribution in [0, 0.1) is 5.41 Å². The fourth-order valence-electron chi connectivity index (χ4n) is 3.75. The van der Waals surface area contributed by atoms with Gasteiger partial charge in [0.15, 0.2) is 0 Å². The van der Waals surface area contributed by atoms with Crippen molar-refractivity contribution in [3.63, 3.8) is 0 Å². The molecule has 0 atom stereocenters. The van der Waals surface area contributed by atoms with Crippen LogP contribution >= 0.6 is 0 Å². The molecule has 2 amide bonds. The number of nitrogens with one attached hydrogen (secondary N) is 1. The summed E-state index contributed by atoms with van der Waals surface area (Å²) in [5.74, 6) is -0.526. The van der Waals surface area contributed by atoms with E-state index in [1.54, 1.807) is 0 Å². The quantitative estimate of drug-likeness (QED) is 0.908. The van der Waals surface area contributed by atoms with Crippen LogP contribution in [0.1, 0.15) is 45.4 Å². The number of hydrogen-bond acceptors (Lipinski definition) is 4. The van der Waals surface area contributed by atoms with E-state index in [9.17, 15) is 18.0 Å². The van der Waals surface area contributed by atoms with Crippen molar-refractivity contribution in [3.8, 4) is 0 Å². The maximum atomic E-state index is 12.8. The molecule has 1 saturated heterocycles. The van der Waals surface area contributed by atoms with Gasteiger partial charge in [0, 0.05) is 25.6 Å². The van der Waals surface area contributed by atoms with E-state index >= 15 is 0 Å². The Hall–Kier alpha value is -1.89. The highest BCUT2D eigenvalue weighted by atomic mass is 32.2. The summed E-state index contributed by atoms with van der Waals surface area (Å²) in [5.41, 5.74) is 0.358. The fraction of sp³-hybridized carbons (Fsp3) is 0.529. The number of amides is 2. The van der Waals surface area contributed by atoms with Crippen LogP contribution in [-0.4, -0.2) is 31.1 Å². The maximum absolute atomic E-state index is 12.8. The number of carbonyl (C=O) groups is 2. The third kappa shape index (κ3) is 3.17. The molecule has 1 aromatic carbocycles. The van der Waals surface area contributed by atoms with Crippen LogP contribution < -0.4 is 5.32 Å². The van der Waals surface area contributed by atoms with Gasteiger partial charge in [-0.25, -0.2) is 12.7 Å². The predicted molar refractivity (Wildman–Crippen MR) is 89.8 cm³/mol. The van der Waals surface area contributed by atoms with Crippen molar-refractivity contribution in [2.45, 2.75) is 50.3 Å². The number of benzene rings is 1. The number of rotatable bonds is 3. The summed E-state index contributed by atoms with van der Waals surface area (Å²) < 4.78 is 26.7. The standard InChI is InChI=1S/C17H22N2O4S/c1-13(20)18-14-5-7-15(8-6-14)24(22,23)19-12-17(11-16(19)21)9-3-2-4-10-17/h5-8H,2-4,9-12H2,1H3,(H,18,20). The zero-order valence-electron chi connectivity index (χ0n) is 13.7. The van der Waals surface area contributed by atoms with E-state index in [1.807, 2.05) is 0 Å². The Balaban J connectivity index is 1.82. The molecule has 1 aromatic rings. The Morgan fingerprint density at radius 2 is 1.75 bits per heavy atom. The van der Waals surface area contributed by atoms with E-state index in [4.69, 9.17) is 0 Å². The number of hydrogen-bond donors (Lipinski definition) is 1. The number of sulfonamides is 1.